The Kier molecular flexibility index (Phi) is 5.11. The Morgan fingerprint density at radius 1 is 1.18 bits per heavy atom. The lowest BCUT2D eigenvalue weighted by molar-refractivity contribution is -0.115. The monoisotopic (exact) mass is 312 g/mol. The molecule has 0 aliphatic rings. The molecule has 94 valence electrons. The van der Waals surface area contributed by atoms with E-state index in [0.717, 1.165) is 6.07 Å². The molecule has 17 heavy (non-hydrogen) atoms. The van der Waals surface area contributed by atoms with Gasteiger partial charge in [0.1, 0.15) is 5.78 Å². The van der Waals surface area contributed by atoms with Crippen molar-refractivity contribution in [3.8, 4) is 0 Å². The smallest absolute Gasteiger partial charge is 0.264 e. The summed E-state index contributed by atoms with van der Waals surface area (Å²) in [6, 6.07) is 3.48. The van der Waals surface area contributed by atoms with E-state index in [0.29, 0.717) is 0 Å². The Hall–Kier alpha value is -0.910. The predicted molar refractivity (Wildman–Crippen MR) is 58.9 cm³/mol. The summed E-state index contributed by atoms with van der Waals surface area (Å²) in [5.41, 5.74) is -1.47. The second kappa shape index (κ2) is 6.14. The van der Waals surface area contributed by atoms with Crippen LogP contribution < -0.4 is 0 Å². The van der Waals surface area contributed by atoms with Gasteiger partial charge < -0.3 is 0 Å². The summed E-state index contributed by atoms with van der Waals surface area (Å²) in [5, 5.41) is 0.00852. The number of carbonyl (C=O) groups excluding carboxylic acids is 1. The number of rotatable bonds is 5. The largest absolute Gasteiger partial charge is 0.298 e. The van der Waals surface area contributed by atoms with E-state index in [1.165, 1.54) is 12.1 Å². The van der Waals surface area contributed by atoms with Crippen LogP contribution in [0.15, 0.2) is 18.2 Å². The van der Waals surface area contributed by atoms with Crippen molar-refractivity contribution in [2.45, 2.75) is 19.3 Å². The first-order chi connectivity index (χ1) is 7.97. The van der Waals surface area contributed by atoms with Crippen LogP contribution in [0.5, 0.6) is 0 Å². The molecule has 0 spiro atoms. The van der Waals surface area contributed by atoms with E-state index < -0.39 is 24.0 Å². The number of alkyl halides is 5. The molecule has 0 heterocycles. The minimum atomic E-state index is -3.02. The number of hydrogen-bond acceptors (Lipinski definition) is 1. The van der Waals surface area contributed by atoms with E-state index in [1.807, 2.05) is 0 Å². The molecule has 0 bridgehead atoms. The van der Waals surface area contributed by atoms with Crippen LogP contribution in [-0.2, 0) is 11.2 Å². The SMILES string of the molecule is O=C(CBr)Cc1cccc(C(F)F)c1C(F)F. The molecule has 0 aliphatic carbocycles. The van der Waals surface area contributed by atoms with E-state index in [-0.39, 0.29) is 23.1 Å². The van der Waals surface area contributed by atoms with Crippen molar-refractivity contribution in [2.24, 2.45) is 0 Å². The van der Waals surface area contributed by atoms with Crippen LogP contribution in [0.1, 0.15) is 29.5 Å². The van der Waals surface area contributed by atoms with Crippen LogP contribution in [0.2, 0.25) is 0 Å². The van der Waals surface area contributed by atoms with Gasteiger partial charge >= 0.3 is 0 Å². The first-order valence-corrected chi connectivity index (χ1v) is 5.85. The van der Waals surface area contributed by atoms with Gasteiger partial charge in [0.25, 0.3) is 12.9 Å². The van der Waals surface area contributed by atoms with Crippen LogP contribution in [0, 0.1) is 0 Å². The first-order valence-electron chi connectivity index (χ1n) is 4.73. The summed E-state index contributed by atoms with van der Waals surface area (Å²) in [4.78, 5) is 11.2. The Labute approximate surface area is 104 Å². The van der Waals surface area contributed by atoms with E-state index in [2.05, 4.69) is 15.9 Å². The van der Waals surface area contributed by atoms with Crippen LogP contribution in [0.3, 0.4) is 0 Å². The predicted octanol–water partition coefficient (Wildman–Crippen LogP) is 4.07. The van der Waals surface area contributed by atoms with Crippen LogP contribution in [0.25, 0.3) is 0 Å². The zero-order valence-electron chi connectivity index (χ0n) is 8.60. The average molecular weight is 313 g/mol. The fraction of sp³-hybridized carbons (Fsp3) is 0.364. The third-order valence-electron chi connectivity index (χ3n) is 2.22. The van der Waals surface area contributed by atoms with Gasteiger partial charge in [-0.15, -0.1) is 0 Å². The van der Waals surface area contributed by atoms with Crippen molar-refractivity contribution in [3.05, 3.63) is 34.9 Å². The number of hydrogen-bond donors (Lipinski definition) is 0. The van der Waals surface area contributed by atoms with Gasteiger partial charge in [-0.3, -0.25) is 4.79 Å². The van der Waals surface area contributed by atoms with E-state index >= 15 is 0 Å². The number of halogens is 5. The third-order valence-corrected chi connectivity index (χ3v) is 2.85. The molecule has 0 N–H and O–H groups in total. The lowest BCUT2D eigenvalue weighted by Gasteiger charge is -2.13. The summed E-state index contributed by atoms with van der Waals surface area (Å²) in [6.07, 6.45) is -6.26. The van der Waals surface area contributed by atoms with Crippen molar-refractivity contribution in [2.75, 3.05) is 5.33 Å². The molecule has 6 heteroatoms. The van der Waals surface area contributed by atoms with Crippen LogP contribution in [0.4, 0.5) is 17.6 Å². The molecule has 1 aromatic carbocycles. The zero-order chi connectivity index (χ0) is 13.0. The molecule has 0 saturated heterocycles. The highest BCUT2D eigenvalue weighted by Gasteiger charge is 2.23. The second-order valence-corrected chi connectivity index (χ2v) is 3.93. The van der Waals surface area contributed by atoms with Crippen molar-refractivity contribution in [3.63, 3.8) is 0 Å². The Bertz CT molecular complexity index is 406. The lowest BCUT2D eigenvalue weighted by Crippen LogP contribution is -2.08. The molecule has 1 rings (SSSR count). The summed E-state index contributed by atoms with van der Waals surface area (Å²) in [7, 11) is 0. The van der Waals surface area contributed by atoms with Crippen molar-refractivity contribution in [1.29, 1.82) is 0 Å². The standard InChI is InChI=1S/C11H9BrF4O/c12-5-7(17)4-6-2-1-3-8(10(13)14)9(6)11(15)16/h1-3,10-11H,4-5H2. The zero-order valence-corrected chi connectivity index (χ0v) is 10.2. The molecule has 0 unspecified atom stereocenters. The summed E-state index contributed by atoms with van der Waals surface area (Å²) < 4.78 is 50.6. The highest BCUT2D eigenvalue weighted by atomic mass is 79.9. The van der Waals surface area contributed by atoms with Gasteiger partial charge in [0.2, 0.25) is 0 Å². The summed E-state index contributed by atoms with van der Waals surface area (Å²) in [5.74, 6) is -0.335. The topological polar surface area (TPSA) is 17.1 Å². The summed E-state index contributed by atoms with van der Waals surface area (Å²) in [6.45, 7) is 0. The van der Waals surface area contributed by atoms with Crippen molar-refractivity contribution >= 4 is 21.7 Å². The van der Waals surface area contributed by atoms with E-state index in [9.17, 15) is 22.4 Å². The van der Waals surface area contributed by atoms with Crippen molar-refractivity contribution in [1.82, 2.24) is 0 Å². The van der Waals surface area contributed by atoms with Crippen LogP contribution >= 0.6 is 15.9 Å². The van der Waals surface area contributed by atoms with Gasteiger partial charge in [-0.05, 0) is 5.56 Å². The van der Waals surface area contributed by atoms with Gasteiger partial charge in [-0.2, -0.15) is 0 Å². The first kappa shape index (κ1) is 14.2. The number of carbonyl (C=O) groups is 1. The maximum absolute atomic E-state index is 12.7. The average Bonchev–Trinajstić information content (AvgIpc) is 2.28. The van der Waals surface area contributed by atoms with E-state index in [4.69, 9.17) is 0 Å². The second-order valence-electron chi connectivity index (χ2n) is 3.37. The molecule has 0 fully saturated rings. The fourth-order valence-electron chi connectivity index (χ4n) is 1.50. The fourth-order valence-corrected chi connectivity index (χ4v) is 1.70. The molecule has 1 nitrogen and oxygen atoms in total. The molecule has 0 aromatic heterocycles. The molecule has 0 aliphatic heterocycles. The quantitative estimate of drug-likeness (QED) is 0.591. The minimum Gasteiger partial charge on any atom is -0.298 e. The minimum absolute atomic E-state index is 0.00852. The third kappa shape index (κ3) is 3.52. The van der Waals surface area contributed by atoms with E-state index in [1.54, 1.807) is 0 Å². The van der Waals surface area contributed by atoms with Gasteiger partial charge in [-0.1, -0.05) is 34.1 Å². The molecule has 0 radical (unpaired) electrons. The van der Waals surface area contributed by atoms with Gasteiger partial charge in [0.05, 0.1) is 5.33 Å². The molecular weight excluding hydrogens is 304 g/mol. The van der Waals surface area contributed by atoms with Gasteiger partial charge in [0.15, 0.2) is 0 Å². The molecule has 0 atom stereocenters. The molecule has 1 aromatic rings. The Morgan fingerprint density at radius 2 is 1.82 bits per heavy atom. The normalized spacial score (nSPS) is 11.2. The van der Waals surface area contributed by atoms with Crippen molar-refractivity contribution < 1.29 is 22.4 Å². The number of Topliss-reactive ketones (excluding diaryl/α,β-unsaturated/α-hetero) is 1. The van der Waals surface area contributed by atoms with Gasteiger partial charge in [-0.25, -0.2) is 17.6 Å². The van der Waals surface area contributed by atoms with Gasteiger partial charge in [0, 0.05) is 17.5 Å². The molecule has 0 amide bonds. The molecular formula is C11H9BrF4O. The van der Waals surface area contributed by atoms with Crippen LogP contribution in [-0.4, -0.2) is 11.1 Å². The highest BCUT2D eigenvalue weighted by Crippen LogP contribution is 2.33. The Morgan fingerprint density at radius 3 is 2.29 bits per heavy atom. The number of benzene rings is 1. The lowest BCUT2D eigenvalue weighted by atomic mass is 9.98. The Balaban J connectivity index is 3.20. The maximum atomic E-state index is 12.7. The number of ketones is 1. The maximum Gasteiger partial charge on any atom is 0.264 e. The summed E-state index contributed by atoms with van der Waals surface area (Å²) >= 11 is 2.90. The molecule has 0 saturated carbocycles. The highest BCUT2D eigenvalue weighted by molar-refractivity contribution is 9.09.